The second-order valence-corrected chi connectivity index (χ2v) is 4.30. The van der Waals surface area contributed by atoms with Crippen molar-refractivity contribution in [2.75, 3.05) is 0 Å². The summed E-state index contributed by atoms with van der Waals surface area (Å²) in [5, 5.41) is 5.04. The lowest BCUT2D eigenvalue weighted by molar-refractivity contribution is 0.595. The molecule has 0 amide bonds. The fourth-order valence-corrected chi connectivity index (χ4v) is 2.21. The van der Waals surface area contributed by atoms with Crippen LogP contribution in [-0.4, -0.2) is 8.42 Å². The summed E-state index contributed by atoms with van der Waals surface area (Å²) in [4.78, 5) is -0.0957. The van der Waals surface area contributed by atoms with Crippen molar-refractivity contribution in [3.63, 3.8) is 0 Å². The lowest BCUT2D eigenvalue weighted by atomic mass is 10.4. The maximum Gasteiger partial charge on any atom is 0.239 e. The molecule has 12 heavy (non-hydrogen) atoms. The van der Waals surface area contributed by atoms with Crippen LogP contribution in [0.25, 0.3) is 0 Å². The molecule has 64 valence electrons. The van der Waals surface area contributed by atoms with E-state index in [4.69, 9.17) is 5.14 Å². The predicted octanol–water partition coefficient (Wildman–Crippen LogP) is 0.251. The van der Waals surface area contributed by atoms with Crippen molar-refractivity contribution in [3.8, 4) is 0 Å². The predicted molar refractivity (Wildman–Crippen MR) is 45.1 cm³/mol. The number of nitrogens with two attached hydrogens (primary N) is 1. The van der Waals surface area contributed by atoms with Gasteiger partial charge in [-0.2, -0.15) is 0 Å². The first-order valence-electron chi connectivity index (χ1n) is 3.01. The summed E-state index contributed by atoms with van der Waals surface area (Å²) in [6, 6.07) is 5.87. The standard InChI is InChI=1S/C6H6NO3PS/c7-12(9,10)6-4-2-1-3-5(6)11-8/h1-4H,(H2,7,9,10). The summed E-state index contributed by atoms with van der Waals surface area (Å²) in [7, 11) is -4.10. The molecular weight excluding hydrogens is 197 g/mol. The molecule has 4 nitrogen and oxygen atoms in total. The highest BCUT2D eigenvalue weighted by Gasteiger charge is 2.12. The van der Waals surface area contributed by atoms with Gasteiger partial charge in [0.2, 0.25) is 10.0 Å². The number of benzene rings is 1. The van der Waals surface area contributed by atoms with Gasteiger partial charge < -0.3 is 0 Å². The Morgan fingerprint density at radius 3 is 2.25 bits per heavy atom. The Balaban J connectivity index is 3.43. The van der Waals surface area contributed by atoms with Gasteiger partial charge in [-0.1, -0.05) is 12.1 Å². The smallest absolute Gasteiger partial charge is 0.239 e. The highest BCUT2D eigenvalue weighted by atomic mass is 32.2. The highest BCUT2D eigenvalue weighted by Crippen LogP contribution is 2.07. The number of rotatable bonds is 2. The molecule has 0 aliphatic carbocycles. The largest absolute Gasteiger partial charge is 0.269 e. The second kappa shape index (κ2) is 3.31. The van der Waals surface area contributed by atoms with E-state index in [1.807, 2.05) is 0 Å². The molecule has 0 saturated carbocycles. The maximum atomic E-state index is 10.8. The van der Waals surface area contributed by atoms with Crippen LogP contribution < -0.4 is 10.4 Å². The topological polar surface area (TPSA) is 77.2 Å². The average Bonchev–Trinajstić information content (AvgIpc) is 2.03. The van der Waals surface area contributed by atoms with Crippen molar-refractivity contribution in [2.24, 2.45) is 5.14 Å². The van der Waals surface area contributed by atoms with Crippen LogP contribution in [-0.2, 0) is 14.6 Å². The molecule has 0 aliphatic heterocycles. The highest BCUT2D eigenvalue weighted by molar-refractivity contribution is 7.89. The quantitative estimate of drug-likeness (QED) is 0.700. The van der Waals surface area contributed by atoms with E-state index in [2.05, 4.69) is 0 Å². The average molecular weight is 203 g/mol. The zero-order valence-electron chi connectivity index (χ0n) is 5.97. The Bertz CT molecular complexity index is 401. The van der Waals surface area contributed by atoms with E-state index in [0.717, 1.165) is 0 Å². The van der Waals surface area contributed by atoms with Crippen LogP contribution in [0.4, 0.5) is 0 Å². The monoisotopic (exact) mass is 203 g/mol. The molecule has 0 fully saturated rings. The van der Waals surface area contributed by atoms with Gasteiger partial charge in [-0.3, -0.25) is 4.57 Å². The maximum absolute atomic E-state index is 10.8. The number of primary sulfonamides is 1. The van der Waals surface area contributed by atoms with Crippen LogP contribution in [0.3, 0.4) is 0 Å². The molecule has 6 heteroatoms. The van der Waals surface area contributed by atoms with Gasteiger partial charge in [0.1, 0.15) is 0 Å². The first kappa shape index (κ1) is 9.32. The molecule has 0 heterocycles. The number of hydrogen-bond donors (Lipinski definition) is 1. The van der Waals surface area contributed by atoms with Crippen molar-refractivity contribution in [3.05, 3.63) is 24.3 Å². The molecule has 1 rings (SSSR count). The normalized spacial score (nSPS) is 11.8. The first-order valence-corrected chi connectivity index (χ1v) is 5.37. The van der Waals surface area contributed by atoms with Crippen molar-refractivity contribution in [1.82, 2.24) is 0 Å². The summed E-state index contributed by atoms with van der Waals surface area (Å²) in [6.45, 7) is 0. The molecule has 0 aromatic heterocycles. The van der Waals surface area contributed by atoms with Crippen LogP contribution in [0.1, 0.15) is 0 Å². The van der Waals surface area contributed by atoms with Gasteiger partial charge in [0.15, 0.2) is 8.46 Å². The Morgan fingerprint density at radius 2 is 1.83 bits per heavy atom. The third-order valence-corrected chi connectivity index (χ3v) is 2.98. The van der Waals surface area contributed by atoms with Crippen molar-refractivity contribution >= 4 is 23.8 Å². The molecule has 0 radical (unpaired) electrons. The van der Waals surface area contributed by atoms with Crippen LogP contribution in [0.2, 0.25) is 0 Å². The Labute approximate surface area is 71.7 Å². The van der Waals surface area contributed by atoms with Crippen molar-refractivity contribution in [1.29, 1.82) is 0 Å². The van der Waals surface area contributed by atoms with Crippen molar-refractivity contribution < 1.29 is 13.0 Å². The minimum absolute atomic E-state index is 0.0957. The number of sulfonamides is 1. The SMILES string of the molecule is NS(=O)(=O)c1ccccc1P=O. The van der Waals surface area contributed by atoms with Crippen LogP contribution in [0.5, 0.6) is 0 Å². The van der Waals surface area contributed by atoms with E-state index in [1.54, 1.807) is 6.07 Å². The van der Waals surface area contributed by atoms with Gasteiger partial charge in [-0.05, 0) is 12.1 Å². The molecule has 0 aliphatic rings. The van der Waals surface area contributed by atoms with Gasteiger partial charge >= 0.3 is 0 Å². The number of hydrogen-bond acceptors (Lipinski definition) is 3. The molecule has 1 aromatic rings. The fraction of sp³-hybridized carbons (Fsp3) is 0. The zero-order valence-corrected chi connectivity index (χ0v) is 7.68. The minimum atomic E-state index is -3.75. The zero-order chi connectivity index (χ0) is 9.19. The fourth-order valence-electron chi connectivity index (χ4n) is 0.773. The van der Waals surface area contributed by atoms with Gasteiger partial charge in [-0.15, -0.1) is 0 Å². The molecule has 1 aromatic carbocycles. The molecule has 2 N–H and O–H groups in total. The third kappa shape index (κ3) is 1.88. The van der Waals surface area contributed by atoms with E-state index >= 15 is 0 Å². The molecule has 0 saturated heterocycles. The summed E-state index contributed by atoms with van der Waals surface area (Å²) in [6.07, 6.45) is 0. The summed E-state index contributed by atoms with van der Waals surface area (Å²) in [5.74, 6) is 0. The first-order chi connectivity index (χ1) is 5.55. The van der Waals surface area contributed by atoms with Gasteiger partial charge in [0.05, 0.1) is 10.2 Å². The molecule has 0 atom stereocenters. The Morgan fingerprint density at radius 1 is 1.25 bits per heavy atom. The summed E-state index contributed by atoms with van der Waals surface area (Å²) >= 11 is 0. The Kier molecular flexibility index (Phi) is 2.57. The van der Waals surface area contributed by atoms with E-state index in [1.165, 1.54) is 18.2 Å². The Hall–Kier alpha value is -0.770. The van der Waals surface area contributed by atoms with E-state index in [9.17, 15) is 13.0 Å². The minimum Gasteiger partial charge on any atom is -0.269 e. The van der Waals surface area contributed by atoms with Crippen molar-refractivity contribution in [2.45, 2.75) is 4.90 Å². The lowest BCUT2D eigenvalue weighted by Crippen LogP contribution is -2.18. The third-order valence-electron chi connectivity index (χ3n) is 1.27. The van der Waals surface area contributed by atoms with Gasteiger partial charge in [0, 0.05) is 0 Å². The summed E-state index contributed by atoms with van der Waals surface area (Å²) < 4.78 is 32.1. The lowest BCUT2D eigenvalue weighted by Gasteiger charge is -1.98. The summed E-state index contributed by atoms with van der Waals surface area (Å²) in [5.41, 5.74) is 0. The molecular formula is C6H6NO3PS. The molecule has 0 bridgehead atoms. The van der Waals surface area contributed by atoms with E-state index in [0.29, 0.717) is 0 Å². The van der Waals surface area contributed by atoms with Crippen LogP contribution in [0, 0.1) is 0 Å². The molecule has 0 unspecified atom stereocenters. The van der Waals surface area contributed by atoms with E-state index in [-0.39, 0.29) is 18.7 Å². The van der Waals surface area contributed by atoms with Gasteiger partial charge in [-0.25, -0.2) is 13.6 Å². The van der Waals surface area contributed by atoms with E-state index < -0.39 is 10.0 Å². The van der Waals surface area contributed by atoms with Crippen LogP contribution in [0.15, 0.2) is 29.2 Å². The van der Waals surface area contributed by atoms with Gasteiger partial charge in [0.25, 0.3) is 0 Å². The second-order valence-electron chi connectivity index (χ2n) is 2.10. The van der Waals surface area contributed by atoms with Crippen LogP contribution >= 0.6 is 8.46 Å². The molecule has 0 spiro atoms.